The maximum Gasteiger partial charge on any atom is 0.267 e. The van der Waals surface area contributed by atoms with Crippen LogP contribution in [-0.2, 0) is 11.3 Å². The molecule has 0 N–H and O–H groups in total. The third-order valence-corrected chi connectivity index (χ3v) is 4.87. The summed E-state index contributed by atoms with van der Waals surface area (Å²) in [5.74, 6) is 1.23. The molecule has 5 nitrogen and oxygen atoms in total. The van der Waals surface area contributed by atoms with Crippen molar-refractivity contribution >= 4 is 5.91 Å². The van der Waals surface area contributed by atoms with Gasteiger partial charge in [0.15, 0.2) is 0 Å². The summed E-state index contributed by atoms with van der Waals surface area (Å²) in [6.07, 6.45) is 1.18. The molecule has 3 rings (SSSR count). The van der Waals surface area contributed by atoms with E-state index in [9.17, 15) is 9.59 Å². The van der Waals surface area contributed by atoms with E-state index in [-0.39, 0.29) is 24.1 Å². The van der Waals surface area contributed by atoms with Crippen LogP contribution in [0.3, 0.4) is 0 Å². The fraction of sp³-hybridized carbons (Fsp3) is 0.450. The number of benzene rings is 1. The van der Waals surface area contributed by atoms with Gasteiger partial charge in [0.2, 0.25) is 5.91 Å². The summed E-state index contributed by atoms with van der Waals surface area (Å²) in [6, 6.07) is 13.0. The summed E-state index contributed by atoms with van der Waals surface area (Å²) < 4.78 is 1.27. The molecule has 25 heavy (non-hydrogen) atoms. The van der Waals surface area contributed by atoms with Gasteiger partial charge in [-0.15, -0.1) is 0 Å². The molecule has 2 atom stereocenters. The van der Waals surface area contributed by atoms with Crippen molar-refractivity contribution in [3.63, 3.8) is 0 Å². The number of rotatable bonds is 6. The van der Waals surface area contributed by atoms with E-state index < -0.39 is 0 Å². The first-order valence-electron chi connectivity index (χ1n) is 8.88. The first kappa shape index (κ1) is 17.4. The summed E-state index contributed by atoms with van der Waals surface area (Å²) in [6.45, 7) is 7.00. The van der Waals surface area contributed by atoms with E-state index in [2.05, 4.69) is 12.0 Å². The van der Waals surface area contributed by atoms with Crippen LogP contribution in [0.2, 0.25) is 0 Å². The number of hydrogen-bond donors (Lipinski definition) is 0. The lowest BCUT2D eigenvalue weighted by atomic mass is 10.1. The van der Waals surface area contributed by atoms with Crippen molar-refractivity contribution in [1.29, 1.82) is 0 Å². The van der Waals surface area contributed by atoms with Crippen LogP contribution < -0.4 is 5.56 Å². The second-order valence-corrected chi connectivity index (χ2v) is 7.19. The largest absolute Gasteiger partial charge is 0.338 e. The van der Waals surface area contributed by atoms with Crippen molar-refractivity contribution in [2.75, 3.05) is 6.54 Å². The van der Waals surface area contributed by atoms with E-state index in [1.165, 1.54) is 17.2 Å². The van der Waals surface area contributed by atoms with Gasteiger partial charge in [-0.25, -0.2) is 4.68 Å². The van der Waals surface area contributed by atoms with E-state index >= 15 is 0 Å². The average molecular weight is 339 g/mol. The molecule has 1 saturated carbocycles. The molecule has 1 aliphatic carbocycles. The predicted octanol–water partition coefficient (Wildman–Crippen LogP) is 2.80. The molecular formula is C20H25N3O2. The van der Waals surface area contributed by atoms with Gasteiger partial charge in [0.25, 0.3) is 5.56 Å². The molecule has 1 aromatic heterocycles. The van der Waals surface area contributed by atoms with Crippen LogP contribution in [-0.4, -0.2) is 33.2 Å². The third-order valence-electron chi connectivity index (χ3n) is 4.87. The monoisotopic (exact) mass is 339 g/mol. The third kappa shape index (κ3) is 4.16. The average Bonchev–Trinajstić information content (AvgIpc) is 3.30. The lowest BCUT2D eigenvalue weighted by molar-refractivity contribution is -0.134. The lowest BCUT2D eigenvalue weighted by Crippen LogP contribution is -2.42. The van der Waals surface area contributed by atoms with Crippen LogP contribution in [0.5, 0.6) is 0 Å². The minimum absolute atomic E-state index is 0.0151. The van der Waals surface area contributed by atoms with Crippen LogP contribution in [0.1, 0.15) is 27.2 Å². The van der Waals surface area contributed by atoms with Gasteiger partial charge in [-0.1, -0.05) is 37.3 Å². The zero-order valence-electron chi connectivity index (χ0n) is 15.1. The fourth-order valence-electron chi connectivity index (χ4n) is 3.05. The molecule has 0 aliphatic heterocycles. The summed E-state index contributed by atoms with van der Waals surface area (Å²) in [5.41, 5.74) is 1.37. The van der Waals surface area contributed by atoms with Crippen molar-refractivity contribution in [3.05, 3.63) is 52.8 Å². The van der Waals surface area contributed by atoms with Crippen molar-refractivity contribution < 1.29 is 4.79 Å². The molecule has 0 radical (unpaired) electrons. The Morgan fingerprint density at radius 1 is 1.24 bits per heavy atom. The highest BCUT2D eigenvalue weighted by molar-refractivity contribution is 5.76. The van der Waals surface area contributed by atoms with E-state index in [1.54, 1.807) is 6.07 Å². The van der Waals surface area contributed by atoms with Gasteiger partial charge in [0, 0.05) is 24.2 Å². The molecular weight excluding hydrogens is 314 g/mol. The Balaban J connectivity index is 1.79. The van der Waals surface area contributed by atoms with E-state index in [0.29, 0.717) is 17.5 Å². The molecule has 0 spiro atoms. The van der Waals surface area contributed by atoms with E-state index in [4.69, 9.17) is 0 Å². The van der Waals surface area contributed by atoms with Crippen LogP contribution >= 0.6 is 0 Å². The maximum absolute atomic E-state index is 12.8. The van der Waals surface area contributed by atoms with Crippen LogP contribution in [0, 0.1) is 11.8 Å². The van der Waals surface area contributed by atoms with Gasteiger partial charge in [0.05, 0.1) is 5.69 Å². The van der Waals surface area contributed by atoms with Crippen LogP contribution in [0.25, 0.3) is 11.3 Å². The molecule has 0 unspecified atom stereocenters. The first-order valence-corrected chi connectivity index (χ1v) is 8.88. The lowest BCUT2D eigenvalue weighted by Gasteiger charge is -2.27. The molecule has 1 heterocycles. The zero-order chi connectivity index (χ0) is 18.0. The van der Waals surface area contributed by atoms with Crippen molar-refractivity contribution in [2.24, 2.45) is 11.8 Å². The Kier molecular flexibility index (Phi) is 5.02. The van der Waals surface area contributed by atoms with Crippen LogP contribution in [0.4, 0.5) is 0 Å². The zero-order valence-corrected chi connectivity index (χ0v) is 15.1. The SMILES string of the molecule is CC(C)N(C[C@H]1C[C@@H]1C)C(=O)Cn1nc(-c2ccccc2)ccc1=O. The number of aromatic nitrogens is 2. The summed E-state index contributed by atoms with van der Waals surface area (Å²) >= 11 is 0. The quantitative estimate of drug-likeness (QED) is 0.813. The molecule has 0 bridgehead atoms. The van der Waals surface area contributed by atoms with Gasteiger partial charge < -0.3 is 4.90 Å². The Labute approximate surface area is 148 Å². The van der Waals surface area contributed by atoms with Gasteiger partial charge in [0.1, 0.15) is 6.54 Å². The highest BCUT2D eigenvalue weighted by atomic mass is 16.2. The number of amides is 1. The molecule has 5 heteroatoms. The topological polar surface area (TPSA) is 55.2 Å². The second kappa shape index (κ2) is 7.21. The van der Waals surface area contributed by atoms with Gasteiger partial charge in [-0.3, -0.25) is 9.59 Å². The standard InChI is InChI=1S/C20H25N3O2/c1-14(2)22(12-17-11-15(17)3)20(25)13-23-19(24)10-9-18(21-23)16-7-5-4-6-8-16/h4-10,14-15,17H,11-13H2,1-3H3/t15-,17+/m0/s1. The summed E-state index contributed by atoms with van der Waals surface area (Å²) in [7, 11) is 0. The first-order chi connectivity index (χ1) is 12.0. The highest BCUT2D eigenvalue weighted by Gasteiger charge is 2.35. The second-order valence-electron chi connectivity index (χ2n) is 7.19. The predicted molar refractivity (Wildman–Crippen MR) is 98.1 cm³/mol. The van der Waals surface area contributed by atoms with Crippen molar-refractivity contribution in [1.82, 2.24) is 14.7 Å². The maximum atomic E-state index is 12.8. The number of nitrogens with zero attached hydrogens (tertiary/aromatic N) is 3. The molecule has 1 fully saturated rings. The smallest absolute Gasteiger partial charge is 0.267 e. The van der Waals surface area contributed by atoms with Gasteiger partial charge in [-0.05, 0) is 38.2 Å². The Bertz CT molecular complexity index is 798. The fourth-order valence-corrected chi connectivity index (χ4v) is 3.05. The number of carbonyl (C=O) groups excluding carboxylic acids is 1. The molecule has 1 amide bonds. The molecule has 1 aromatic carbocycles. The normalized spacial score (nSPS) is 19.0. The van der Waals surface area contributed by atoms with Gasteiger partial charge >= 0.3 is 0 Å². The molecule has 132 valence electrons. The van der Waals surface area contributed by atoms with Gasteiger partial charge in [-0.2, -0.15) is 5.10 Å². The summed E-state index contributed by atoms with van der Waals surface area (Å²) in [5, 5.41) is 4.39. The number of carbonyl (C=O) groups is 1. The minimum Gasteiger partial charge on any atom is -0.338 e. The Hall–Kier alpha value is -2.43. The minimum atomic E-state index is -0.253. The Morgan fingerprint density at radius 3 is 2.52 bits per heavy atom. The molecule has 2 aromatic rings. The van der Waals surface area contributed by atoms with Crippen molar-refractivity contribution in [2.45, 2.75) is 39.8 Å². The van der Waals surface area contributed by atoms with Crippen molar-refractivity contribution in [3.8, 4) is 11.3 Å². The molecule has 0 saturated heterocycles. The summed E-state index contributed by atoms with van der Waals surface area (Å²) in [4.78, 5) is 26.8. The van der Waals surface area contributed by atoms with Crippen LogP contribution in [0.15, 0.2) is 47.3 Å². The Morgan fingerprint density at radius 2 is 1.92 bits per heavy atom. The molecule has 1 aliphatic rings. The number of hydrogen-bond acceptors (Lipinski definition) is 3. The van der Waals surface area contributed by atoms with E-state index in [0.717, 1.165) is 12.1 Å². The van der Waals surface area contributed by atoms with E-state index in [1.807, 2.05) is 49.1 Å². The highest BCUT2D eigenvalue weighted by Crippen LogP contribution is 2.38.